The average molecular weight is 349 g/mol. The quantitative estimate of drug-likeness (QED) is 0.862. The number of hydrogen-bond donors (Lipinski definition) is 1. The Morgan fingerprint density at radius 3 is 2.58 bits per heavy atom. The van der Waals surface area contributed by atoms with E-state index in [2.05, 4.69) is 16.3 Å². The van der Waals surface area contributed by atoms with Crippen LogP contribution >= 0.6 is 11.6 Å². The van der Waals surface area contributed by atoms with E-state index in [1.165, 1.54) is 37.7 Å². The maximum atomic E-state index is 12.4. The largest absolute Gasteiger partial charge is 0.356 e. The number of halogens is 1. The van der Waals surface area contributed by atoms with Crippen LogP contribution < -0.4 is 5.32 Å². The Morgan fingerprint density at radius 1 is 1.12 bits per heavy atom. The zero-order valence-corrected chi connectivity index (χ0v) is 15.2. The summed E-state index contributed by atoms with van der Waals surface area (Å²) >= 11 is 6.05. The number of carbonyl (C=O) groups excluding carboxylic acids is 1. The molecule has 0 atom stereocenters. The van der Waals surface area contributed by atoms with Gasteiger partial charge in [0.15, 0.2) is 0 Å². The minimum atomic E-state index is 0.198. The topological polar surface area (TPSA) is 32.3 Å². The van der Waals surface area contributed by atoms with E-state index in [4.69, 9.17) is 11.6 Å². The second kappa shape index (κ2) is 8.87. The summed E-state index contributed by atoms with van der Waals surface area (Å²) in [5.41, 5.74) is 1.25. The van der Waals surface area contributed by atoms with Gasteiger partial charge in [-0.25, -0.2) is 0 Å². The fourth-order valence-corrected chi connectivity index (χ4v) is 4.24. The first kappa shape index (κ1) is 17.8. The van der Waals surface area contributed by atoms with Gasteiger partial charge in [0.25, 0.3) is 0 Å². The van der Waals surface area contributed by atoms with Gasteiger partial charge < -0.3 is 5.32 Å². The minimum Gasteiger partial charge on any atom is -0.356 e. The van der Waals surface area contributed by atoms with Crippen LogP contribution in [0.1, 0.15) is 50.5 Å². The van der Waals surface area contributed by atoms with Gasteiger partial charge in [0.05, 0.1) is 0 Å². The zero-order valence-electron chi connectivity index (χ0n) is 14.5. The summed E-state index contributed by atoms with van der Waals surface area (Å²) < 4.78 is 0. The SMILES string of the molecule is O=C(NCC1CCCCC1)C1CCN(Cc2cccc(Cl)c2)CC1. The fourth-order valence-electron chi connectivity index (χ4n) is 4.03. The molecule has 0 bridgehead atoms. The Balaban J connectivity index is 1.38. The third-order valence-corrected chi connectivity index (χ3v) is 5.78. The number of likely N-dealkylation sites (tertiary alicyclic amines) is 1. The first-order valence-electron chi connectivity index (χ1n) is 9.45. The molecule has 1 N–H and O–H groups in total. The van der Waals surface area contributed by atoms with Crippen LogP contribution in [0, 0.1) is 11.8 Å². The van der Waals surface area contributed by atoms with E-state index in [9.17, 15) is 4.79 Å². The van der Waals surface area contributed by atoms with Gasteiger partial charge in [-0.2, -0.15) is 0 Å². The maximum Gasteiger partial charge on any atom is 0.223 e. The molecule has 1 aliphatic carbocycles. The van der Waals surface area contributed by atoms with Gasteiger partial charge in [0, 0.05) is 24.0 Å². The third kappa shape index (κ3) is 5.22. The summed E-state index contributed by atoms with van der Waals surface area (Å²) in [4.78, 5) is 14.8. The monoisotopic (exact) mass is 348 g/mol. The number of amides is 1. The molecule has 1 aromatic rings. The lowest BCUT2D eigenvalue weighted by Crippen LogP contribution is -2.41. The molecule has 1 aliphatic heterocycles. The third-order valence-electron chi connectivity index (χ3n) is 5.54. The molecule has 3 rings (SSSR count). The molecule has 4 heteroatoms. The highest BCUT2D eigenvalue weighted by Gasteiger charge is 2.25. The van der Waals surface area contributed by atoms with Crippen LogP contribution in [-0.4, -0.2) is 30.4 Å². The summed E-state index contributed by atoms with van der Waals surface area (Å²) in [6.07, 6.45) is 8.56. The number of nitrogens with zero attached hydrogens (tertiary/aromatic N) is 1. The molecule has 1 saturated carbocycles. The molecule has 1 amide bonds. The average Bonchev–Trinajstić information content (AvgIpc) is 2.61. The lowest BCUT2D eigenvalue weighted by molar-refractivity contribution is -0.126. The second-order valence-electron chi connectivity index (χ2n) is 7.43. The van der Waals surface area contributed by atoms with Gasteiger partial charge in [0.2, 0.25) is 5.91 Å². The Labute approximate surface area is 150 Å². The van der Waals surface area contributed by atoms with Crippen molar-refractivity contribution in [2.45, 2.75) is 51.5 Å². The molecular weight excluding hydrogens is 320 g/mol. The maximum absolute atomic E-state index is 12.4. The predicted octanol–water partition coefficient (Wildman–Crippen LogP) is 4.25. The summed E-state index contributed by atoms with van der Waals surface area (Å²) in [7, 11) is 0. The molecule has 24 heavy (non-hydrogen) atoms. The molecule has 1 aromatic carbocycles. The zero-order chi connectivity index (χ0) is 16.8. The molecular formula is C20H29ClN2O. The number of hydrogen-bond acceptors (Lipinski definition) is 2. The summed E-state index contributed by atoms with van der Waals surface area (Å²) in [6, 6.07) is 8.07. The predicted molar refractivity (Wildman–Crippen MR) is 99.0 cm³/mol. The minimum absolute atomic E-state index is 0.198. The Hall–Kier alpha value is -1.06. The lowest BCUT2D eigenvalue weighted by atomic mass is 9.89. The molecule has 132 valence electrons. The van der Waals surface area contributed by atoms with Gasteiger partial charge in [-0.1, -0.05) is 43.0 Å². The number of piperidine rings is 1. The molecule has 2 aliphatic rings. The lowest BCUT2D eigenvalue weighted by Gasteiger charge is -2.32. The van der Waals surface area contributed by atoms with Crippen LogP contribution in [-0.2, 0) is 11.3 Å². The highest BCUT2D eigenvalue weighted by atomic mass is 35.5. The van der Waals surface area contributed by atoms with Crippen molar-refractivity contribution in [3.05, 3.63) is 34.9 Å². The highest BCUT2D eigenvalue weighted by Crippen LogP contribution is 2.24. The molecule has 1 saturated heterocycles. The van der Waals surface area contributed by atoms with Crippen molar-refractivity contribution in [3.63, 3.8) is 0 Å². The molecule has 0 aromatic heterocycles. The van der Waals surface area contributed by atoms with Gasteiger partial charge in [-0.15, -0.1) is 0 Å². The van der Waals surface area contributed by atoms with Crippen molar-refractivity contribution >= 4 is 17.5 Å². The van der Waals surface area contributed by atoms with E-state index in [0.29, 0.717) is 5.92 Å². The Kier molecular flexibility index (Phi) is 6.56. The summed E-state index contributed by atoms with van der Waals surface area (Å²) in [5.74, 6) is 1.19. The van der Waals surface area contributed by atoms with Crippen LogP contribution in [0.5, 0.6) is 0 Å². The summed E-state index contributed by atoms with van der Waals surface area (Å²) in [5, 5.41) is 4.01. The molecule has 1 heterocycles. The normalized spacial score (nSPS) is 20.9. The van der Waals surface area contributed by atoms with E-state index >= 15 is 0 Å². The van der Waals surface area contributed by atoms with Crippen LogP contribution in [0.3, 0.4) is 0 Å². The van der Waals surface area contributed by atoms with Crippen molar-refractivity contribution < 1.29 is 4.79 Å². The van der Waals surface area contributed by atoms with Gasteiger partial charge in [-0.05, 0) is 62.4 Å². The molecule has 2 fully saturated rings. The van der Waals surface area contributed by atoms with Crippen LogP contribution in [0.2, 0.25) is 5.02 Å². The second-order valence-corrected chi connectivity index (χ2v) is 7.87. The van der Waals surface area contributed by atoms with Crippen molar-refractivity contribution in [1.29, 1.82) is 0 Å². The number of rotatable bonds is 5. The molecule has 3 nitrogen and oxygen atoms in total. The first-order valence-corrected chi connectivity index (χ1v) is 9.83. The van der Waals surface area contributed by atoms with E-state index in [-0.39, 0.29) is 11.8 Å². The van der Waals surface area contributed by atoms with Crippen LogP contribution in [0.15, 0.2) is 24.3 Å². The molecule has 0 radical (unpaired) electrons. The smallest absolute Gasteiger partial charge is 0.223 e. The van der Waals surface area contributed by atoms with E-state index < -0.39 is 0 Å². The van der Waals surface area contributed by atoms with E-state index in [1.807, 2.05) is 18.2 Å². The number of nitrogens with one attached hydrogen (secondary N) is 1. The number of benzene rings is 1. The van der Waals surface area contributed by atoms with Crippen LogP contribution in [0.4, 0.5) is 0 Å². The fraction of sp³-hybridized carbons (Fsp3) is 0.650. The van der Waals surface area contributed by atoms with Gasteiger partial charge in [-0.3, -0.25) is 9.69 Å². The Morgan fingerprint density at radius 2 is 1.88 bits per heavy atom. The van der Waals surface area contributed by atoms with Crippen LogP contribution in [0.25, 0.3) is 0 Å². The van der Waals surface area contributed by atoms with Gasteiger partial charge >= 0.3 is 0 Å². The first-order chi connectivity index (χ1) is 11.7. The van der Waals surface area contributed by atoms with Gasteiger partial charge in [0.1, 0.15) is 0 Å². The van der Waals surface area contributed by atoms with Crippen molar-refractivity contribution in [2.75, 3.05) is 19.6 Å². The van der Waals surface area contributed by atoms with E-state index in [1.54, 1.807) is 0 Å². The van der Waals surface area contributed by atoms with Crippen molar-refractivity contribution in [2.24, 2.45) is 11.8 Å². The number of carbonyl (C=O) groups is 1. The highest BCUT2D eigenvalue weighted by molar-refractivity contribution is 6.30. The summed E-state index contributed by atoms with van der Waals surface area (Å²) in [6.45, 7) is 3.81. The Bertz CT molecular complexity index is 534. The molecule has 0 unspecified atom stereocenters. The van der Waals surface area contributed by atoms with Crippen molar-refractivity contribution in [1.82, 2.24) is 10.2 Å². The molecule has 0 spiro atoms. The van der Waals surface area contributed by atoms with E-state index in [0.717, 1.165) is 44.0 Å². The standard InChI is InChI=1S/C20H29ClN2O/c21-19-8-4-7-17(13-19)15-23-11-9-18(10-12-23)20(24)22-14-16-5-2-1-3-6-16/h4,7-8,13,16,18H,1-3,5-6,9-12,14-15H2,(H,22,24). The van der Waals surface area contributed by atoms with Crippen molar-refractivity contribution in [3.8, 4) is 0 Å².